The van der Waals surface area contributed by atoms with Crippen molar-refractivity contribution in [2.75, 3.05) is 5.73 Å². The molecule has 0 bridgehead atoms. The summed E-state index contributed by atoms with van der Waals surface area (Å²) in [5.74, 6) is 0. The molecular formula is C15H15N3O2S. The van der Waals surface area contributed by atoms with Crippen LogP contribution >= 0.6 is 0 Å². The van der Waals surface area contributed by atoms with Crippen molar-refractivity contribution in [3.8, 4) is 6.07 Å². The average molecular weight is 301 g/mol. The lowest BCUT2D eigenvalue weighted by molar-refractivity contribution is 0.567. The molecular weight excluding hydrogens is 286 g/mol. The number of nitrogens with zero attached hydrogens (tertiary/aromatic N) is 1. The molecule has 108 valence electrons. The maximum Gasteiger partial charge on any atom is 0.241 e. The molecule has 21 heavy (non-hydrogen) atoms. The number of hydrogen-bond donors (Lipinski definition) is 2. The van der Waals surface area contributed by atoms with Crippen LogP contribution in [0.1, 0.15) is 24.1 Å². The van der Waals surface area contributed by atoms with Crippen LogP contribution in [0.3, 0.4) is 0 Å². The molecule has 0 heterocycles. The molecule has 0 radical (unpaired) electrons. The van der Waals surface area contributed by atoms with Gasteiger partial charge in [0, 0.05) is 11.7 Å². The number of benzene rings is 2. The predicted molar refractivity (Wildman–Crippen MR) is 80.7 cm³/mol. The Morgan fingerprint density at radius 1 is 1.14 bits per heavy atom. The molecule has 0 aliphatic heterocycles. The molecule has 0 saturated heterocycles. The topological polar surface area (TPSA) is 96.0 Å². The molecule has 0 aliphatic rings. The van der Waals surface area contributed by atoms with Gasteiger partial charge in [-0.1, -0.05) is 18.2 Å². The molecule has 0 fully saturated rings. The highest BCUT2D eigenvalue weighted by atomic mass is 32.2. The minimum Gasteiger partial charge on any atom is -0.398 e. The number of nitrogen functional groups attached to an aromatic ring is 1. The first-order valence-corrected chi connectivity index (χ1v) is 7.79. The van der Waals surface area contributed by atoms with Gasteiger partial charge in [0.25, 0.3) is 0 Å². The molecule has 0 aliphatic carbocycles. The molecule has 0 aromatic heterocycles. The second-order valence-electron chi connectivity index (χ2n) is 4.61. The normalized spacial score (nSPS) is 12.6. The average Bonchev–Trinajstić information content (AvgIpc) is 2.47. The number of hydrogen-bond acceptors (Lipinski definition) is 4. The van der Waals surface area contributed by atoms with Gasteiger partial charge in [-0.25, -0.2) is 13.1 Å². The van der Waals surface area contributed by atoms with Crippen LogP contribution in [0, 0.1) is 11.3 Å². The zero-order chi connectivity index (χ0) is 15.5. The standard InChI is InChI=1S/C15H15N3O2S/c1-11(14-4-2-3-5-15(14)17)18-21(19,20)13-8-6-12(10-16)7-9-13/h2-9,11,18H,17H2,1H3. The lowest BCUT2D eigenvalue weighted by Crippen LogP contribution is -2.27. The third kappa shape index (κ3) is 3.40. The Labute approximate surface area is 124 Å². The fourth-order valence-electron chi connectivity index (χ4n) is 1.98. The summed E-state index contributed by atoms with van der Waals surface area (Å²) in [6.45, 7) is 1.73. The van der Waals surface area contributed by atoms with Gasteiger partial charge < -0.3 is 5.73 Å². The van der Waals surface area contributed by atoms with E-state index >= 15 is 0 Å². The highest BCUT2D eigenvalue weighted by Gasteiger charge is 2.19. The fraction of sp³-hybridized carbons (Fsp3) is 0.133. The molecule has 0 spiro atoms. The fourth-order valence-corrected chi connectivity index (χ4v) is 3.20. The van der Waals surface area contributed by atoms with Crippen LogP contribution in [0.4, 0.5) is 5.69 Å². The third-order valence-electron chi connectivity index (χ3n) is 3.09. The van der Waals surface area contributed by atoms with E-state index in [-0.39, 0.29) is 4.90 Å². The summed E-state index contributed by atoms with van der Waals surface area (Å²) in [6, 6.07) is 14.3. The lowest BCUT2D eigenvalue weighted by atomic mass is 10.1. The maximum atomic E-state index is 12.3. The Bertz CT molecular complexity index is 777. The molecule has 1 atom stereocenters. The minimum atomic E-state index is -3.66. The molecule has 2 aromatic carbocycles. The number of nitrogens with two attached hydrogens (primary N) is 1. The van der Waals surface area contributed by atoms with Crippen molar-refractivity contribution in [3.05, 3.63) is 59.7 Å². The summed E-state index contributed by atoms with van der Waals surface area (Å²) in [5.41, 5.74) is 7.51. The number of para-hydroxylation sites is 1. The number of nitrogens with one attached hydrogen (secondary N) is 1. The number of nitriles is 1. The third-order valence-corrected chi connectivity index (χ3v) is 4.64. The van der Waals surface area contributed by atoms with Crippen LogP contribution in [0.25, 0.3) is 0 Å². The van der Waals surface area contributed by atoms with Crippen LogP contribution in [0.5, 0.6) is 0 Å². The summed E-state index contributed by atoms with van der Waals surface area (Å²) in [7, 11) is -3.66. The van der Waals surface area contributed by atoms with Gasteiger partial charge in [-0.3, -0.25) is 0 Å². The Hall–Kier alpha value is -2.36. The van der Waals surface area contributed by atoms with Crippen molar-refractivity contribution in [2.45, 2.75) is 17.9 Å². The second-order valence-corrected chi connectivity index (χ2v) is 6.32. The zero-order valence-electron chi connectivity index (χ0n) is 11.4. The van der Waals surface area contributed by atoms with E-state index < -0.39 is 16.1 Å². The summed E-state index contributed by atoms with van der Waals surface area (Å²) in [5, 5.41) is 8.73. The summed E-state index contributed by atoms with van der Waals surface area (Å²) >= 11 is 0. The van der Waals surface area contributed by atoms with Crippen LogP contribution in [0.15, 0.2) is 53.4 Å². The van der Waals surface area contributed by atoms with Crippen LogP contribution in [0.2, 0.25) is 0 Å². The van der Waals surface area contributed by atoms with Gasteiger partial charge in [0.05, 0.1) is 16.5 Å². The van der Waals surface area contributed by atoms with Gasteiger partial charge in [-0.05, 0) is 42.8 Å². The molecule has 2 aromatic rings. The molecule has 2 rings (SSSR count). The largest absolute Gasteiger partial charge is 0.398 e. The van der Waals surface area contributed by atoms with Gasteiger partial charge in [-0.15, -0.1) is 0 Å². The minimum absolute atomic E-state index is 0.114. The first-order valence-electron chi connectivity index (χ1n) is 6.31. The molecule has 0 saturated carbocycles. The summed E-state index contributed by atoms with van der Waals surface area (Å²) in [4.78, 5) is 0.114. The molecule has 1 unspecified atom stereocenters. The zero-order valence-corrected chi connectivity index (χ0v) is 12.3. The van der Waals surface area contributed by atoms with Crippen molar-refractivity contribution in [2.24, 2.45) is 0 Å². The quantitative estimate of drug-likeness (QED) is 0.846. The van der Waals surface area contributed by atoms with Crippen molar-refractivity contribution in [3.63, 3.8) is 0 Å². The van der Waals surface area contributed by atoms with Gasteiger partial charge in [0.1, 0.15) is 0 Å². The number of anilines is 1. The Morgan fingerprint density at radius 3 is 2.33 bits per heavy atom. The van der Waals surface area contributed by atoms with E-state index in [2.05, 4.69) is 4.72 Å². The van der Waals surface area contributed by atoms with Crippen molar-refractivity contribution >= 4 is 15.7 Å². The Kier molecular flexibility index (Phi) is 4.26. The van der Waals surface area contributed by atoms with Crippen LogP contribution in [-0.2, 0) is 10.0 Å². The highest BCUT2D eigenvalue weighted by molar-refractivity contribution is 7.89. The summed E-state index contributed by atoms with van der Waals surface area (Å²) in [6.07, 6.45) is 0. The van der Waals surface area contributed by atoms with Crippen molar-refractivity contribution in [1.82, 2.24) is 4.72 Å². The maximum absolute atomic E-state index is 12.3. The van der Waals surface area contributed by atoms with Crippen molar-refractivity contribution in [1.29, 1.82) is 5.26 Å². The molecule has 5 nitrogen and oxygen atoms in total. The smallest absolute Gasteiger partial charge is 0.241 e. The van der Waals surface area contributed by atoms with E-state index in [9.17, 15) is 8.42 Å². The van der Waals surface area contributed by atoms with E-state index in [1.165, 1.54) is 24.3 Å². The highest BCUT2D eigenvalue weighted by Crippen LogP contribution is 2.22. The monoisotopic (exact) mass is 301 g/mol. The van der Waals surface area contributed by atoms with Gasteiger partial charge in [-0.2, -0.15) is 5.26 Å². The van der Waals surface area contributed by atoms with E-state index in [4.69, 9.17) is 11.0 Å². The lowest BCUT2D eigenvalue weighted by Gasteiger charge is -2.16. The second kappa shape index (κ2) is 5.95. The number of rotatable bonds is 4. The number of sulfonamides is 1. The van der Waals surface area contributed by atoms with E-state index in [1.54, 1.807) is 31.2 Å². The SMILES string of the molecule is CC(NS(=O)(=O)c1ccc(C#N)cc1)c1ccccc1N. The Morgan fingerprint density at radius 2 is 1.76 bits per heavy atom. The van der Waals surface area contributed by atoms with E-state index in [1.807, 2.05) is 6.07 Å². The Balaban J connectivity index is 2.25. The van der Waals surface area contributed by atoms with E-state index in [0.29, 0.717) is 11.3 Å². The van der Waals surface area contributed by atoms with Crippen LogP contribution in [-0.4, -0.2) is 8.42 Å². The van der Waals surface area contributed by atoms with Gasteiger partial charge in [0.15, 0.2) is 0 Å². The molecule has 0 amide bonds. The van der Waals surface area contributed by atoms with Crippen molar-refractivity contribution < 1.29 is 8.42 Å². The molecule has 3 N–H and O–H groups in total. The predicted octanol–water partition coefficient (Wildman–Crippen LogP) is 2.18. The summed E-state index contributed by atoms with van der Waals surface area (Å²) < 4.78 is 27.2. The first-order chi connectivity index (χ1) is 9.94. The van der Waals surface area contributed by atoms with E-state index in [0.717, 1.165) is 5.56 Å². The molecule has 6 heteroatoms. The van der Waals surface area contributed by atoms with Gasteiger partial charge >= 0.3 is 0 Å². The van der Waals surface area contributed by atoms with Crippen LogP contribution < -0.4 is 10.5 Å². The first kappa shape index (κ1) is 15.0. The van der Waals surface area contributed by atoms with Gasteiger partial charge in [0.2, 0.25) is 10.0 Å².